The molecule has 1 unspecified atom stereocenters. The van der Waals surface area contributed by atoms with E-state index >= 15 is 0 Å². The van der Waals surface area contributed by atoms with E-state index in [0.717, 1.165) is 6.54 Å². The number of halogens is 1. The summed E-state index contributed by atoms with van der Waals surface area (Å²) in [6.07, 6.45) is 0. The Kier molecular flexibility index (Phi) is 2.94. The molecular weight excluding hydrogens is 152 g/mol. The number of ether oxygens (including phenoxy) is 1. The van der Waals surface area contributed by atoms with Crippen molar-refractivity contribution >= 4 is 11.6 Å². The fraction of sp³-hybridized carbons (Fsp3) is 0.833. The number of morpholine rings is 1. The predicted molar refractivity (Wildman–Crippen MR) is 37.6 cm³/mol. The molecule has 0 aromatic heterocycles. The van der Waals surface area contributed by atoms with Gasteiger partial charge in [0.1, 0.15) is 5.50 Å². The van der Waals surface area contributed by atoms with Gasteiger partial charge in [-0.15, -0.1) is 11.6 Å². The molecule has 3 nitrogen and oxygen atoms in total. The first-order chi connectivity index (χ1) is 4.84. The van der Waals surface area contributed by atoms with Crippen molar-refractivity contribution in [1.29, 1.82) is 5.26 Å². The van der Waals surface area contributed by atoms with E-state index in [-0.39, 0.29) is 5.50 Å². The summed E-state index contributed by atoms with van der Waals surface area (Å²) >= 11 is 5.81. The van der Waals surface area contributed by atoms with E-state index in [0.29, 0.717) is 19.8 Å². The van der Waals surface area contributed by atoms with Crippen LogP contribution in [0.5, 0.6) is 0 Å². The second-order valence-electron chi connectivity index (χ2n) is 2.14. The van der Waals surface area contributed by atoms with Gasteiger partial charge in [-0.1, -0.05) is 0 Å². The number of nitrogens with zero attached hydrogens (tertiary/aromatic N) is 2. The van der Waals surface area contributed by atoms with Gasteiger partial charge in [0.2, 0.25) is 0 Å². The Bertz CT molecular complexity index is 145. The van der Waals surface area contributed by atoms with E-state index in [1.54, 1.807) is 0 Å². The van der Waals surface area contributed by atoms with Gasteiger partial charge in [-0.2, -0.15) is 5.26 Å². The number of nitriles is 1. The van der Waals surface area contributed by atoms with Gasteiger partial charge in [-0.3, -0.25) is 4.90 Å². The highest BCUT2D eigenvalue weighted by molar-refractivity contribution is 6.20. The zero-order valence-electron chi connectivity index (χ0n) is 5.59. The van der Waals surface area contributed by atoms with Gasteiger partial charge in [0, 0.05) is 6.54 Å². The highest BCUT2D eigenvalue weighted by Crippen LogP contribution is 2.08. The Morgan fingerprint density at radius 2 is 2.60 bits per heavy atom. The average Bonchev–Trinajstić information content (AvgIpc) is 1.94. The minimum Gasteiger partial charge on any atom is -0.377 e. The topological polar surface area (TPSA) is 36.3 Å². The normalized spacial score (nSPS) is 27.8. The maximum Gasteiger partial charge on any atom is 0.110 e. The van der Waals surface area contributed by atoms with E-state index in [9.17, 15) is 0 Å². The summed E-state index contributed by atoms with van der Waals surface area (Å²) in [4.78, 5) is 1.89. The SMILES string of the molecule is N#CCN1CCOCC1Cl. The molecule has 1 aliphatic heterocycles. The van der Waals surface area contributed by atoms with E-state index in [1.807, 2.05) is 4.90 Å². The molecule has 4 heteroatoms. The van der Waals surface area contributed by atoms with Gasteiger partial charge in [0.15, 0.2) is 0 Å². The predicted octanol–water partition coefficient (Wildman–Crippen LogP) is 0.407. The Morgan fingerprint density at radius 3 is 3.20 bits per heavy atom. The quantitative estimate of drug-likeness (QED) is 0.317. The largest absolute Gasteiger partial charge is 0.377 e. The van der Waals surface area contributed by atoms with Crippen LogP contribution in [0.4, 0.5) is 0 Å². The standard InChI is InChI=1S/C6H9ClN2O/c7-6-5-10-4-3-9(6)2-1-8/h6H,2-5H2. The highest BCUT2D eigenvalue weighted by Gasteiger charge is 2.19. The Hall–Kier alpha value is -0.300. The molecule has 1 heterocycles. The fourth-order valence-corrected chi connectivity index (χ4v) is 1.13. The fourth-order valence-electron chi connectivity index (χ4n) is 0.877. The third-order valence-corrected chi connectivity index (χ3v) is 1.85. The van der Waals surface area contributed by atoms with Gasteiger partial charge >= 0.3 is 0 Å². The Morgan fingerprint density at radius 1 is 1.80 bits per heavy atom. The number of hydrogen-bond donors (Lipinski definition) is 0. The van der Waals surface area contributed by atoms with Crippen molar-refractivity contribution in [1.82, 2.24) is 4.90 Å². The molecule has 1 saturated heterocycles. The molecule has 0 spiro atoms. The molecule has 0 aromatic carbocycles. The molecule has 1 aliphatic rings. The van der Waals surface area contributed by atoms with E-state index in [1.165, 1.54) is 0 Å². The second-order valence-corrected chi connectivity index (χ2v) is 2.64. The minimum absolute atomic E-state index is 0.117. The lowest BCUT2D eigenvalue weighted by Crippen LogP contribution is -2.42. The Labute approximate surface area is 65.1 Å². The zero-order valence-corrected chi connectivity index (χ0v) is 6.34. The monoisotopic (exact) mass is 160 g/mol. The first kappa shape index (κ1) is 7.80. The third-order valence-electron chi connectivity index (χ3n) is 1.45. The molecule has 10 heavy (non-hydrogen) atoms. The summed E-state index contributed by atoms with van der Waals surface area (Å²) in [6, 6.07) is 2.05. The van der Waals surface area contributed by atoms with Crippen LogP contribution in [0, 0.1) is 11.3 Å². The van der Waals surface area contributed by atoms with Crippen LogP contribution in [-0.4, -0.2) is 36.7 Å². The number of rotatable bonds is 1. The summed E-state index contributed by atoms with van der Waals surface area (Å²) < 4.78 is 5.08. The van der Waals surface area contributed by atoms with Crippen LogP contribution in [0.1, 0.15) is 0 Å². The van der Waals surface area contributed by atoms with Crippen molar-refractivity contribution in [3.05, 3.63) is 0 Å². The molecule has 1 fully saturated rings. The van der Waals surface area contributed by atoms with Crippen molar-refractivity contribution in [2.45, 2.75) is 5.50 Å². The van der Waals surface area contributed by atoms with Crippen LogP contribution in [0.2, 0.25) is 0 Å². The maximum atomic E-state index is 8.35. The molecule has 0 aliphatic carbocycles. The summed E-state index contributed by atoms with van der Waals surface area (Å²) in [6.45, 7) is 2.38. The molecule has 1 rings (SSSR count). The molecule has 0 aromatic rings. The third kappa shape index (κ3) is 1.84. The van der Waals surface area contributed by atoms with Crippen LogP contribution in [0.3, 0.4) is 0 Å². The highest BCUT2D eigenvalue weighted by atomic mass is 35.5. The van der Waals surface area contributed by atoms with Crippen LogP contribution < -0.4 is 0 Å². The van der Waals surface area contributed by atoms with Crippen molar-refractivity contribution < 1.29 is 4.74 Å². The zero-order chi connectivity index (χ0) is 7.40. The summed E-state index contributed by atoms with van der Waals surface area (Å²) in [5.41, 5.74) is -0.117. The first-order valence-corrected chi connectivity index (χ1v) is 3.61. The average molecular weight is 161 g/mol. The van der Waals surface area contributed by atoms with Crippen LogP contribution in [0.25, 0.3) is 0 Å². The molecule has 56 valence electrons. The summed E-state index contributed by atoms with van der Waals surface area (Å²) in [5.74, 6) is 0. The van der Waals surface area contributed by atoms with E-state index in [2.05, 4.69) is 6.07 Å². The number of alkyl halides is 1. The van der Waals surface area contributed by atoms with Crippen molar-refractivity contribution in [3.63, 3.8) is 0 Å². The van der Waals surface area contributed by atoms with Crippen LogP contribution >= 0.6 is 11.6 Å². The summed E-state index contributed by atoms with van der Waals surface area (Å²) in [5, 5.41) is 8.35. The van der Waals surface area contributed by atoms with Crippen molar-refractivity contribution in [2.75, 3.05) is 26.3 Å². The lowest BCUT2D eigenvalue weighted by molar-refractivity contribution is 0.0286. The van der Waals surface area contributed by atoms with E-state index in [4.69, 9.17) is 21.6 Å². The van der Waals surface area contributed by atoms with E-state index < -0.39 is 0 Å². The second kappa shape index (κ2) is 3.77. The molecule has 0 amide bonds. The molecular formula is C6H9ClN2O. The molecule has 1 atom stereocenters. The van der Waals surface area contributed by atoms with Gasteiger partial charge in [0.05, 0.1) is 25.8 Å². The van der Waals surface area contributed by atoms with Gasteiger partial charge < -0.3 is 4.74 Å². The van der Waals surface area contributed by atoms with Gasteiger partial charge in [0.25, 0.3) is 0 Å². The maximum absolute atomic E-state index is 8.35. The lowest BCUT2D eigenvalue weighted by atomic mass is 10.4. The Balaban J connectivity index is 2.34. The molecule has 0 N–H and O–H groups in total. The van der Waals surface area contributed by atoms with Crippen molar-refractivity contribution in [3.8, 4) is 6.07 Å². The molecule has 0 saturated carbocycles. The van der Waals surface area contributed by atoms with Crippen LogP contribution in [-0.2, 0) is 4.74 Å². The lowest BCUT2D eigenvalue weighted by Gasteiger charge is -2.28. The smallest absolute Gasteiger partial charge is 0.110 e. The molecule has 0 radical (unpaired) electrons. The van der Waals surface area contributed by atoms with Gasteiger partial charge in [-0.05, 0) is 0 Å². The summed E-state index contributed by atoms with van der Waals surface area (Å²) in [7, 11) is 0. The first-order valence-electron chi connectivity index (χ1n) is 3.17. The molecule has 0 bridgehead atoms. The van der Waals surface area contributed by atoms with Crippen LogP contribution in [0.15, 0.2) is 0 Å². The minimum atomic E-state index is -0.117. The number of hydrogen-bond acceptors (Lipinski definition) is 3. The van der Waals surface area contributed by atoms with Crippen molar-refractivity contribution in [2.24, 2.45) is 0 Å². The van der Waals surface area contributed by atoms with Gasteiger partial charge in [-0.25, -0.2) is 0 Å².